The summed E-state index contributed by atoms with van der Waals surface area (Å²) in [4.78, 5) is 5.18. The zero-order chi connectivity index (χ0) is 13.0. The van der Waals surface area contributed by atoms with Crippen LogP contribution in [0.15, 0.2) is 24.4 Å². The Morgan fingerprint density at radius 1 is 1.50 bits per heavy atom. The minimum Gasteiger partial charge on any atom is -0.496 e. The Morgan fingerprint density at radius 3 is 3.00 bits per heavy atom. The second-order valence-electron chi connectivity index (χ2n) is 3.65. The first-order valence-corrected chi connectivity index (χ1v) is 6.25. The molecule has 1 heterocycles. The molecule has 1 aromatic heterocycles. The van der Waals surface area contributed by atoms with Gasteiger partial charge >= 0.3 is 0 Å². The fraction of sp³-hybridized carbons (Fsp3) is 0.250. The van der Waals surface area contributed by atoms with Gasteiger partial charge in [-0.15, -0.1) is 11.3 Å². The van der Waals surface area contributed by atoms with Gasteiger partial charge in [-0.25, -0.2) is 9.37 Å². The van der Waals surface area contributed by atoms with Crippen LogP contribution >= 0.6 is 11.3 Å². The van der Waals surface area contributed by atoms with Crippen LogP contribution in [0.3, 0.4) is 0 Å². The molecule has 2 rings (SSSR count). The summed E-state index contributed by atoms with van der Waals surface area (Å²) in [5.74, 6) is 0.369. The average molecular weight is 267 g/mol. The smallest absolute Gasteiger partial charge is 0.183 e. The van der Waals surface area contributed by atoms with Gasteiger partial charge in [0.15, 0.2) is 5.13 Å². The highest BCUT2D eigenvalue weighted by Crippen LogP contribution is 2.22. The maximum Gasteiger partial charge on any atom is 0.183 e. The summed E-state index contributed by atoms with van der Waals surface area (Å²) >= 11 is 1.49. The number of hydrogen-bond donors (Lipinski definition) is 2. The van der Waals surface area contributed by atoms with Gasteiger partial charge in [-0.05, 0) is 18.2 Å². The van der Waals surface area contributed by atoms with E-state index in [2.05, 4.69) is 10.3 Å². The number of nitrogens with zero attached hydrogens (tertiary/aromatic N) is 1. The highest BCUT2D eigenvalue weighted by molar-refractivity contribution is 7.15. The summed E-state index contributed by atoms with van der Waals surface area (Å²) < 4.78 is 18.3. The maximum atomic E-state index is 13.2. The minimum atomic E-state index is -0.283. The van der Waals surface area contributed by atoms with Crippen LogP contribution in [0.1, 0.15) is 10.4 Å². The highest BCUT2D eigenvalue weighted by atomic mass is 32.1. The topological polar surface area (TPSA) is 60.2 Å². The molecule has 0 atom stereocenters. The molecule has 0 unspecified atom stereocenters. The number of methoxy groups -OCH3 is 1. The second-order valence-corrected chi connectivity index (χ2v) is 4.76. The predicted octanol–water partition coefficient (Wildman–Crippen LogP) is 2.36. The Kier molecular flexibility index (Phi) is 4.11. The molecule has 0 saturated carbocycles. The van der Waals surface area contributed by atoms with Crippen molar-refractivity contribution in [2.45, 2.75) is 13.1 Å². The van der Waals surface area contributed by atoms with E-state index in [0.717, 1.165) is 15.6 Å². The van der Waals surface area contributed by atoms with Gasteiger partial charge in [-0.2, -0.15) is 0 Å². The van der Waals surface area contributed by atoms with E-state index in [1.54, 1.807) is 19.4 Å². The van der Waals surface area contributed by atoms with Gasteiger partial charge in [-0.1, -0.05) is 0 Å². The molecule has 0 aliphatic heterocycles. The van der Waals surface area contributed by atoms with Crippen LogP contribution in [-0.2, 0) is 13.1 Å². The Morgan fingerprint density at radius 2 is 2.33 bits per heavy atom. The van der Waals surface area contributed by atoms with Crippen LogP contribution in [-0.4, -0.2) is 12.1 Å². The van der Waals surface area contributed by atoms with Crippen LogP contribution in [0.25, 0.3) is 0 Å². The summed E-state index contributed by atoms with van der Waals surface area (Å²) in [7, 11) is 1.56. The molecule has 1 aromatic carbocycles. The van der Waals surface area contributed by atoms with Crippen molar-refractivity contribution >= 4 is 16.5 Å². The van der Waals surface area contributed by atoms with Crippen molar-refractivity contribution in [1.82, 2.24) is 4.98 Å². The summed E-state index contributed by atoms with van der Waals surface area (Å²) in [5.41, 5.74) is 6.26. The number of hydrogen-bond acceptors (Lipinski definition) is 5. The average Bonchev–Trinajstić information content (AvgIpc) is 2.84. The monoisotopic (exact) mass is 267 g/mol. The van der Waals surface area contributed by atoms with E-state index < -0.39 is 0 Å². The van der Waals surface area contributed by atoms with Crippen molar-refractivity contribution in [3.8, 4) is 5.75 Å². The first-order chi connectivity index (χ1) is 8.72. The van der Waals surface area contributed by atoms with E-state index >= 15 is 0 Å². The third kappa shape index (κ3) is 2.96. The molecule has 0 radical (unpaired) electrons. The molecule has 0 saturated heterocycles. The molecule has 2 aromatic rings. The van der Waals surface area contributed by atoms with E-state index in [1.807, 2.05) is 0 Å². The Labute approximate surface area is 109 Å². The lowest BCUT2D eigenvalue weighted by atomic mass is 10.2. The van der Waals surface area contributed by atoms with E-state index in [1.165, 1.54) is 23.5 Å². The molecule has 0 aliphatic rings. The third-order valence-electron chi connectivity index (χ3n) is 2.43. The van der Waals surface area contributed by atoms with Crippen molar-refractivity contribution in [1.29, 1.82) is 0 Å². The molecule has 0 spiro atoms. The molecule has 0 fully saturated rings. The lowest BCUT2D eigenvalue weighted by Gasteiger charge is -2.08. The Balaban J connectivity index is 2.07. The molecule has 0 bridgehead atoms. The minimum absolute atomic E-state index is 0.283. The number of benzene rings is 1. The van der Waals surface area contributed by atoms with E-state index in [-0.39, 0.29) is 5.82 Å². The number of thiazole rings is 1. The number of halogens is 1. The predicted molar refractivity (Wildman–Crippen MR) is 70.3 cm³/mol. The number of anilines is 1. The lowest BCUT2D eigenvalue weighted by Crippen LogP contribution is -2.01. The van der Waals surface area contributed by atoms with Crippen molar-refractivity contribution in [3.05, 3.63) is 40.7 Å². The molecular formula is C12H14FN3OS. The first kappa shape index (κ1) is 12.8. The molecule has 4 nitrogen and oxygen atoms in total. The van der Waals surface area contributed by atoms with Gasteiger partial charge in [0.1, 0.15) is 11.6 Å². The Hall–Kier alpha value is -1.66. The molecular weight excluding hydrogens is 253 g/mol. The molecule has 96 valence electrons. The maximum absolute atomic E-state index is 13.2. The molecule has 0 amide bonds. The fourth-order valence-electron chi connectivity index (χ4n) is 1.54. The van der Waals surface area contributed by atoms with Gasteiger partial charge in [0.2, 0.25) is 0 Å². The van der Waals surface area contributed by atoms with Crippen LogP contribution in [0.5, 0.6) is 5.75 Å². The van der Waals surface area contributed by atoms with Crippen LogP contribution in [0.2, 0.25) is 0 Å². The number of ether oxygens (including phenoxy) is 1. The number of nitrogens with one attached hydrogen (secondary N) is 1. The van der Waals surface area contributed by atoms with Gasteiger partial charge in [0, 0.05) is 29.7 Å². The van der Waals surface area contributed by atoms with Gasteiger partial charge in [0.05, 0.1) is 7.11 Å². The molecule has 0 aliphatic carbocycles. The molecule has 6 heteroatoms. The number of rotatable bonds is 5. The zero-order valence-electron chi connectivity index (χ0n) is 9.94. The van der Waals surface area contributed by atoms with Crippen LogP contribution in [0.4, 0.5) is 9.52 Å². The van der Waals surface area contributed by atoms with Crippen LogP contribution < -0.4 is 15.8 Å². The first-order valence-electron chi connectivity index (χ1n) is 5.44. The summed E-state index contributed by atoms with van der Waals surface area (Å²) in [6, 6.07) is 4.43. The normalized spacial score (nSPS) is 10.4. The van der Waals surface area contributed by atoms with Crippen molar-refractivity contribution in [2.24, 2.45) is 5.73 Å². The quantitative estimate of drug-likeness (QED) is 0.873. The van der Waals surface area contributed by atoms with Crippen molar-refractivity contribution < 1.29 is 9.13 Å². The van der Waals surface area contributed by atoms with E-state index in [4.69, 9.17) is 10.5 Å². The Bertz CT molecular complexity index is 530. The SMILES string of the molecule is COc1ccc(F)cc1CNc1ncc(CN)s1. The van der Waals surface area contributed by atoms with Crippen molar-refractivity contribution in [3.63, 3.8) is 0 Å². The largest absolute Gasteiger partial charge is 0.496 e. The molecule has 18 heavy (non-hydrogen) atoms. The summed E-state index contributed by atoms with van der Waals surface area (Å²) in [6.45, 7) is 0.932. The number of aromatic nitrogens is 1. The highest BCUT2D eigenvalue weighted by Gasteiger charge is 2.06. The van der Waals surface area contributed by atoms with E-state index in [9.17, 15) is 4.39 Å². The molecule has 3 N–H and O–H groups in total. The second kappa shape index (κ2) is 5.79. The van der Waals surface area contributed by atoms with Gasteiger partial charge in [-0.3, -0.25) is 0 Å². The lowest BCUT2D eigenvalue weighted by molar-refractivity contribution is 0.409. The van der Waals surface area contributed by atoms with Gasteiger partial charge < -0.3 is 15.8 Å². The van der Waals surface area contributed by atoms with E-state index in [0.29, 0.717) is 18.8 Å². The third-order valence-corrected chi connectivity index (χ3v) is 3.40. The zero-order valence-corrected chi connectivity index (χ0v) is 10.8. The summed E-state index contributed by atoms with van der Waals surface area (Å²) in [6.07, 6.45) is 1.73. The summed E-state index contributed by atoms with van der Waals surface area (Å²) in [5, 5.41) is 3.89. The number of nitrogens with two attached hydrogens (primary N) is 1. The standard InChI is InChI=1S/C12H14FN3OS/c1-17-11-3-2-9(13)4-8(11)6-15-12-16-7-10(5-14)18-12/h2-4,7H,5-6,14H2,1H3,(H,15,16). The fourth-order valence-corrected chi connectivity index (χ4v) is 2.23. The van der Waals surface area contributed by atoms with Gasteiger partial charge in [0.25, 0.3) is 0 Å². The van der Waals surface area contributed by atoms with Crippen LogP contribution in [0, 0.1) is 5.82 Å². The van der Waals surface area contributed by atoms with Crippen molar-refractivity contribution in [2.75, 3.05) is 12.4 Å².